The molecule has 0 bridgehead atoms. The van der Waals surface area contributed by atoms with Gasteiger partial charge in [-0.3, -0.25) is 9.78 Å². The van der Waals surface area contributed by atoms with Crippen molar-refractivity contribution in [1.29, 1.82) is 0 Å². The fourth-order valence-corrected chi connectivity index (χ4v) is 1.94. The molecule has 0 aliphatic carbocycles. The minimum atomic E-state index is -4.54. The molecule has 1 amide bonds. The topological polar surface area (TPSA) is 70.7 Å². The molecule has 8 heteroatoms. The number of nitrogens with zero attached hydrogens (tertiary/aromatic N) is 2. The molecule has 112 valence electrons. The van der Waals surface area contributed by atoms with Crippen molar-refractivity contribution in [1.82, 2.24) is 15.0 Å². The zero-order valence-electron chi connectivity index (χ0n) is 11.0. The van der Waals surface area contributed by atoms with E-state index in [-0.39, 0.29) is 5.56 Å². The average Bonchev–Trinajstić information content (AvgIpc) is 2.94. The number of fused-ring (bicyclic) bond motifs is 1. The van der Waals surface area contributed by atoms with Gasteiger partial charge in [-0.05, 0) is 24.3 Å². The van der Waals surface area contributed by atoms with Crippen LogP contribution in [-0.2, 0) is 6.18 Å². The van der Waals surface area contributed by atoms with E-state index in [0.29, 0.717) is 17.4 Å². The third kappa shape index (κ3) is 2.76. The van der Waals surface area contributed by atoms with Crippen LogP contribution >= 0.6 is 0 Å². The van der Waals surface area contributed by atoms with E-state index in [1.165, 1.54) is 6.33 Å². The van der Waals surface area contributed by atoms with Gasteiger partial charge in [-0.1, -0.05) is 0 Å². The minimum absolute atomic E-state index is 0.167. The van der Waals surface area contributed by atoms with Crippen LogP contribution in [0.15, 0.2) is 43.0 Å². The van der Waals surface area contributed by atoms with Gasteiger partial charge < -0.3 is 10.3 Å². The van der Waals surface area contributed by atoms with Gasteiger partial charge in [0.1, 0.15) is 0 Å². The number of aromatic amines is 1. The second-order valence-corrected chi connectivity index (χ2v) is 4.55. The first-order valence-corrected chi connectivity index (χ1v) is 6.20. The summed E-state index contributed by atoms with van der Waals surface area (Å²) >= 11 is 0. The number of hydrogen-bond donors (Lipinski definition) is 2. The lowest BCUT2D eigenvalue weighted by atomic mass is 10.2. The first-order chi connectivity index (χ1) is 10.4. The van der Waals surface area contributed by atoms with Gasteiger partial charge in [-0.15, -0.1) is 0 Å². The Morgan fingerprint density at radius 1 is 1.18 bits per heavy atom. The zero-order chi connectivity index (χ0) is 15.7. The number of carbonyl (C=O) groups excluding carboxylic acids is 1. The number of amides is 1. The predicted molar refractivity (Wildman–Crippen MR) is 73.3 cm³/mol. The number of benzene rings is 1. The molecule has 1 aromatic carbocycles. The van der Waals surface area contributed by atoms with Crippen LogP contribution in [0.4, 0.5) is 18.9 Å². The van der Waals surface area contributed by atoms with E-state index in [1.807, 2.05) is 0 Å². The molecule has 3 aromatic rings. The van der Waals surface area contributed by atoms with Crippen molar-refractivity contribution < 1.29 is 18.0 Å². The van der Waals surface area contributed by atoms with Gasteiger partial charge in [0.15, 0.2) is 0 Å². The number of halogens is 3. The summed E-state index contributed by atoms with van der Waals surface area (Å²) < 4.78 is 37.8. The molecule has 0 aliphatic heterocycles. The van der Waals surface area contributed by atoms with Crippen LogP contribution in [0.3, 0.4) is 0 Å². The highest BCUT2D eigenvalue weighted by Gasteiger charge is 2.31. The summed E-state index contributed by atoms with van der Waals surface area (Å²) in [6.07, 6.45) is -1.28. The van der Waals surface area contributed by atoms with Gasteiger partial charge in [-0.25, -0.2) is 4.98 Å². The van der Waals surface area contributed by atoms with E-state index in [1.54, 1.807) is 18.2 Å². The van der Waals surface area contributed by atoms with Crippen molar-refractivity contribution in [3.63, 3.8) is 0 Å². The van der Waals surface area contributed by atoms with Crippen LogP contribution < -0.4 is 5.32 Å². The minimum Gasteiger partial charge on any atom is -0.345 e. The second-order valence-electron chi connectivity index (χ2n) is 4.55. The Kier molecular flexibility index (Phi) is 3.28. The SMILES string of the molecule is O=C(Nc1ccc2nc[nH]c2c1)c1cncc(C(F)(F)F)c1. The Labute approximate surface area is 122 Å². The molecular weight excluding hydrogens is 297 g/mol. The lowest BCUT2D eigenvalue weighted by molar-refractivity contribution is -0.137. The predicted octanol–water partition coefficient (Wildman–Crippen LogP) is 3.23. The number of anilines is 1. The van der Waals surface area contributed by atoms with Crippen LogP contribution in [0.25, 0.3) is 11.0 Å². The van der Waals surface area contributed by atoms with Crippen LogP contribution in [-0.4, -0.2) is 20.9 Å². The molecule has 2 heterocycles. The molecule has 0 unspecified atom stereocenters. The summed E-state index contributed by atoms with van der Waals surface area (Å²) in [5, 5.41) is 2.52. The third-order valence-electron chi connectivity index (χ3n) is 3.01. The van der Waals surface area contributed by atoms with Crippen molar-refractivity contribution in [2.24, 2.45) is 0 Å². The number of hydrogen-bond acceptors (Lipinski definition) is 3. The average molecular weight is 306 g/mol. The molecule has 5 nitrogen and oxygen atoms in total. The largest absolute Gasteiger partial charge is 0.417 e. The molecule has 0 spiro atoms. The summed E-state index contributed by atoms with van der Waals surface area (Å²) in [5.74, 6) is -0.669. The van der Waals surface area contributed by atoms with Crippen molar-refractivity contribution in [3.8, 4) is 0 Å². The van der Waals surface area contributed by atoms with Crippen molar-refractivity contribution >= 4 is 22.6 Å². The lowest BCUT2D eigenvalue weighted by Crippen LogP contribution is -2.14. The number of pyridine rings is 1. The third-order valence-corrected chi connectivity index (χ3v) is 3.01. The summed E-state index contributed by atoms with van der Waals surface area (Å²) in [6.45, 7) is 0. The Bertz CT molecular complexity index is 841. The van der Waals surface area contributed by atoms with Crippen LogP contribution in [0.2, 0.25) is 0 Å². The van der Waals surface area contributed by atoms with E-state index < -0.39 is 17.6 Å². The second kappa shape index (κ2) is 5.14. The number of H-pyrrole nitrogens is 1. The molecular formula is C14H9F3N4O. The van der Waals surface area contributed by atoms with E-state index in [2.05, 4.69) is 20.3 Å². The van der Waals surface area contributed by atoms with Gasteiger partial charge in [-0.2, -0.15) is 13.2 Å². The van der Waals surface area contributed by atoms with Crippen LogP contribution in [0.1, 0.15) is 15.9 Å². The lowest BCUT2D eigenvalue weighted by Gasteiger charge is -2.08. The molecule has 0 saturated heterocycles. The van der Waals surface area contributed by atoms with Crippen molar-refractivity contribution in [2.45, 2.75) is 6.18 Å². The first kappa shape index (κ1) is 14.1. The Morgan fingerprint density at radius 3 is 2.77 bits per heavy atom. The van der Waals surface area contributed by atoms with Crippen molar-refractivity contribution in [2.75, 3.05) is 5.32 Å². The molecule has 0 fully saturated rings. The Hall–Kier alpha value is -2.90. The molecule has 0 saturated carbocycles. The number of aromatic nitrogens is 3. The molecule has 3 rings (SSSR count). The molecule has 2 aromatic heterocycles. The smallest absolute Gasteiger partial charge is 0.345 e. The van der Waals surface area contributed by atoms with E-state index in [0.717, 1.165) is 17.8 Å². The van der Waals surface area contributed by atoms with Gasteiger partial charge in [0, 0.05) is 18.1 Å². The molecule has 0 aliphatic rings. The molecule has 0 atom stereocenters. The fourth-order valence-electron chi connectivity index (χ4n) is 1.94. The number of carbonyl (C=O) groups is 1. The molecule has 2 N–H and O–H groups in total. The van der Waals surface area contributed by atoms with E-state index in [9.17, 15) is 18.0 Å². The first-order valence-electron chi connectivity index (χ1n) is 6.20. The van der Waals surface area contributed by atoms with Gasteiger partial charge >= 0.3 is 6.18 Å². The Morgan fingerprint density at radius 2 is 2.00 bits per heavy atom. The maximum Gasteiger partial charge on any atom is 0.417 e. The zero-order valence-corrected chi connectivity index (χ0v) is 11.0. The molecule has 22 heavy (non-hydrogen) atoms. The monoisotopic (exact) mass is 306 g/mol. The van der Waals surface area contributed by atoms with Gasteiger partial charge in [0.2, 0.25) is 0 Å². The summed E-state index contributed by atoms with van der Waals surface area (Å²) in [5.41, 5.74) is 0.738. The van der Waals surface area contributed by atoms with Crippen LogP contribution in [0, 0.1) is 0 Å². The maximum absolute atomic E-state index is 12.6. The number of nitrogens with one attached hydrogen (secondary N) is 2. The van der Waals surface area contributed by atoms with Crippen molar-refractivity contribution in [3.05, 3.63) is 54.1 Å². The van der Waals surface area contributed by atoms with Gasteiger partial charge in [0.05, 0.1) is 28.5 Å². The van der Waals surface area contributed by atoms with E-state index >= 15 is 0 Å². The highest BCUT2D eigenvalue weighted by Crippen LogP contribution is 2.29. The molecule has 0 radical (unpaired) electrons. The number of rotatable bonds is 2. The fraction of sp³-hybridized carbons (Fsp3) is 0.0714. The highest BCUT2D eigenvalue weighted by atomic mass is 19.4. The maximum atomic E-state index is 12.6. The standard InChI is InChI=1S/C14H9F3N4O/c15-14(16,17)9-3-8(5-18-6-9)13(22)21-10-1-2-11-12(4-10)20-7-19-11/h1-7H,(H,19,20)(H,21,22). The number of imidazole rings is 1. The van der Waals surface area contributed by atoms with Crippen LogP contribution in [0.5, 0.6) is 0 Å². The highest BCUT2D eigenvalue weighted by molar-refractivity contribution is 6.04. The number of alkyl halides is 3. The normalized spacial score (nSPS) is 11.6. The van der Waals surface area contributed by atoms with Gasteiger partial charge in [0.25, 0.3) is 5.91 Å². The Balaban J connectivity index is 1.85. The quantitative estimate of drug-likeness (QED) is 0.763. The van der Waals surface area contributed by atoms with E-state index in [4.69, 9.17) is 0 Å². The summed E-state index contributed by atoms with van der Waals surface area (Å²) in [6, 6.07) is 5.70. The summed E-state index contributed by atoms with van der Waals surface area (Å²) in [4.78, 5) is 22.4. The summed E-state index contributed by atoms with van der Waals surface area (Å²) in [7, 11) is 0.